The number of fused-ring (bicyclic) bond motifs is 1. The summed E-state index contributed by atoms with van der Waals surface area (Å²) in [5, 5.41) is 6.60. The summed E-state index contributed by atoms with van der Waals surface area (Å²) in [5.41, 5.74) is 3.09. The SMILES string of the molecule is Cc1ccc(N2CC(C(=O)NCCn3nc(C(F)(F)F)c4c3CCCC4)CC2=O)cc1C. The lowest BCUT2D eigenvalue weighted by Gasteiger charge is -2.18. The molecule has 2 amide bonds. The van der Waals surface area contributed by atoms with Crippen LogP contribution in [0, 0.1) is 19.8 Å². The molecule has 0 saturated carbocycles. The largest absolute Gasteiger partial charge is 0.435 e. The average Bonchev–Trinajstić information content (AvgIpc) is 3.31. The molecule has 4 rings (SSSR count). The number of aromatic nitrogens is 2. The van der Waals surface area contributed by atoms with Gasteiger partial charge in [-0.2, -0.15) is 18.3 Å². The van der Waals surface area contributed by atoms with Crippen LogP contribution in [0.3, 0.4) is 0 Å². The lowest BCUT2D eigenvalue weighted by molar-refractivity contribution is -0.142. The van der Waals surface area contributed by atoms with Crippen molar-refractivity contribution in [3.05, 3.63) is 46.3 Å². The molecule has 1 N–H and O–H groups in total. The molecule has 9 heteroatoms. The van der Waals surface area contributed by atoms with Crippen molar-refractivity contribution < 1.29 is 22.8 Å². The van der Waals surface area contributed by atoms with Crippen molar-refractivity contribution in [1.29, 1.82) is 0 Å². The fourth-order valence-electron chi connectivity index (χ4n) is 4.54. The highest BCUT2D eigenvalue weighted by Crippen LogP contribution is 2.35. The number of carbonyl (C=O) groups excluding carboxylic acids is 2. The third kappa shape index (κ3) is 4.38. The Balaban J connectivity index is 1.37. The Morgan fingerprint density at radius 2 is 1.94 bits per heavy atom. The number of nitrogens with one attached hydrogen (secondary N) is 1. The van der Waals surface area contributed by atoms with E-state index in [4.69, 9.17) is 0 Å². The number of hydrogen-bond donors (Lipinski definition) is 1. The maximum atomic E-state index is 13.3. The van der Waals surface area contributed by atoms with Crippen LogP contribution >= 0.6 is 0 Å². The van der Waals surface area contributed by atoms with Gasteiger partial charge in [0.15, 0.2) is 5.69 Å². The number of benzene rings is 1. The van der Waals surface area contributed by atoms with Gasteiger partial charge in [0.2, 0.25) is 11.8 Å². The van der Waals surface area contributed by atoms with Crippen molar-refractivity contribution in [1.82, 2.24) is 15.1 Å². The smallest absolute Gasteiger partial charge is 0.354 e. The highest BCUT2D eigenvalue weighted by molar-refractivity contribution is 6.00. The first-order chi connectivity index (χ1) is 15.1. The number of carbonyl (C=O) groups is 2. The molecular weight excluding hydrogens is 421 g/mol. The summed E-state index contributed by atoms with van der Waals surface area (Å²) in [6, 6.07) is 5.76. The second kappa shape index (κ2) is 8.60. The highest BCUT2D eigenvalue weighted by Gasteiger charge is 2.39. The molecule has 32 heavy (non-hydrogen) atoms. The monoisotopic (exact) mass is 448 g/mol. The van der Waals surface area contributed by atoms with Gasteiger partial charge in [-0.15, -0.1) is 0 Å². The van der Waals surface area contributed by atoms with Gasteiger partial charge in [0.25, 0.3) is 0 Å². The molecule has 2 heterocycles. The Kier molecular flexibility index (Phi) is 6.01. The van der Waals surface area contributed by atoms with Gasteiger partial charge in [0, 0.05) is 36.5 Å². The van der Waals surface area contributed by atoms with Gasteiger partial charge in [0.05, 0.1) is 12.5 Å². The molecule has 172 valence electrons. The van der Waals surface area contributed by atoms with Crippen LogP contribution in [0.15, 0.2) is 18.2 Å². The van der Waals surface area contributed by atoms with Crippen molar-refractivity contribution in [2.45, 2.75) is 58.7 Å². The Bertz CT molecular complexity index is 1040. The standard InChI is InChI=1S/C23H27F3N4O2/c1-14-7-8-17(11-15(14)2)29-13-16(12-20(29)31)22(32)27-9-10-30-19-6-4-3-5-18(19)21(28-30)23(24,25)26/h7-8,11,16H,3-6,9-10,12-13H2,1-2H3,(H,27,32). The highest BCUT2D eigenvalue weighted by atomic mass is 19.4. The third-order valence-corrected chi connectivity index (χ3v) is 6.45. The van der Waals surface area contributed by atoms with Gasteiger partial charge in [-0.05, 0) is 62.8 Å². The van der Waals surface area contributed by atoms with Crippen LogP contribution in [-0.4, -0.2) is 34.7 Å². The lowest BCUT2D eigenvalue weighted by atomic mass is 9.95. The molecule has 1 aromatic carbocycles. The Morgan fingerprint density at radius 3 is 2.66 bits per heavy atom. The molecular formula is C23H27F3N4O2. The Labute approximate surface area is 184 Å². The number of aryl methyl sites for hydroxylation is 2. The van der Waals surface area contributed by atoms with Crippen molar-refractivity contribution in [2.75, 3.05) is 18.0 Å². The van der Waals surface area contributed by atoms with Gasteiger partial charge in [-0.25, -0.2) is 0 Å². The molecule has 6 nitrogen and oxygen atoms in total. The summed E-state index contributed by atoms with van der Waals surface area (Å²) in [7, 11) is 0. The fourth-order valence-corrected chi connectivity index (χ4v) is 4.54. The van der Waals surface area contributed by atoms with Crippen LogP contribution in [-0.2, 0) is 35.2 Å². The minimum atomic E-state index is -4.47. The van der Waals surface area contributed by atoms with Gasteiger partial charge in [0.1, 0.15) is 0 Å². The Hall–Kier alpha value is -2.84. The molecule has 1 aliphatic heterocycles. The zero-order valence-corrected chi connectivity index (χ0v) is 18.3. The third-order valence-electron chi connectivity index (χ3n) is 6.45. The van der Waals surface area contributed by atoms with Crippen LogP contribution < -0.4 is 10.2 Å². The van der Waals surface area contributed by atoms with Crippen molar-refractivity contribution >= 4 is 17.5 Å². The van der Waals surface area contributed by atoms with Crippen LogP contribution in [0.4, 0.5) is 18.9 Å². The summed E-state index contributed by atoms with van der Waals surface area (Å²) in [6.45, 7) is 4.60. The molecule has 2 aromatic rings. The Morgan fingerprint density at radius 1 is 1.19 bits per heavy atom. The predicted molar refractivity (Wildman–Crippen MR) is 113 cm³/mol. The average molecular weight is 448 g/mol. The second-order valence-electron chi connectivity index (χ2n) is 8.67. The molecule has 1 unspecified atom stereocenters. The van der Waals surface area contributed by atoms with Crippen LogP contribution in [0.5, 0.6) is 0 Å². The van der Waals surface area contributed by atoms with E-state index in [1.165, 1.54) is 4.68 Å². The van der Waals surface area contributed by atoms with Crippen molar-refractivity contribution in [3.8, 4) is 0 Å². The summed E-state index contributed by atoms with van der Waals surface area (Å²) < 4.78 is 41.4. The minimum absolute atomic E-state index is 0.107. The molecule has 0 spiro atoms. The number of anilines is 1. The number of hydrogen-bond acceptors (Lipinski definition) is 3. The van der Waals surface area contributed by atoms with Gasteiger partial charge >= 0.3 is 6.18 Å². The fraction of sp³-hybridized carbons (Fsp3) is 0.522. The molecule has 1 atom stereocenters. The van der Waals surface area contributed by atoms with Gasteiger partial charge in [-0.3, -0.25) is 14.3 Å². The van der Waals surface area contributed by atoms with E-state index in [0.29, 0.717) is 30.6 Å². The zero-order valence-electron chi connectivity index (χ0n) is 18.3. The number of rotatable bonds is 5. The van der Waals surface area contributed by atoms with E-state index < -0.39 is 17.8 Å². The number of nitrogens with zero attached hydrogens (tertiary/aromatic N) is 3. The molecule has 1 saturated heterocycles. The minimum Gasteiger partial charge on any atom is -0.354 e. The van der Waals surface area contributed by atoms with E-state index in [9.17, 15) is 22.8 Å². The number of halogens is 3. The van der Waals surface area contributed by atoms with E-state index in [0.717, 1.165) is 29.7 Å². The molecule has 1 aromatic heterocycles. The topological polar surface area (TPSA) is 67.2 Å². The van der Waals surface area contributed by atoms with Gasteiger partial charge in [-0.1, -0.05) is 6.07 Å². The van der Waals surface area contributed by atoms with E-state index in [-0.39, 0.29) is 31.3 Å². The lowest BCUT2D eigenvalue weighted by Crippen LogP contribution is -2.35. The molecule has 1 aliphatic carbocycles. The first-order valence-corrected chi connectivity index (χ1v) is 11.0. The molecule has 0 radical (unpaired) electrons. The van der Waals surface area contributed by atoms with E-state index in [1.54, 1.807) is 4.90 Å². The summed E-state index contributed by atoms with van der Waals surface area (Å²) in [5.74, 6) is -0.854. The molecule has 1 fully saturated rings. The summed E-state index contributed by atoms with van der Waals surface area (Å²) in [4.78, 5) is 26.7. The predicted octanol–water partition coefficient (Wildman–Crippen LogP) is 3.57. The maximum Gasteiger partial charge on any atom is 0.435 e. The first kappa shape index (κ1) is 22.4. The number of alkyl halides is 3. The zero-order chi connectivity index (χ0) is 23.0. The summed E-state index contributed by atoms with van der Waals surface area (Å²) >= 11 is 0. The van der Waals surface area contributed by atoms with E-state index >= 15 is 0 Å². The second-order valence-corrected chi connectivity index (χ2v) is 8.67. The molecule has 0 bridgehead atoms. The molecule has 2 aliphatic rings. The first-order valence-electron chi connectivity index (χ1n) is 11.0. The summed E-state index contributed by atoms with van der Waals surface area (Å²) in [6.07, 6.45) is -1.85. The number of amides is 2. The van der Waals surface area contributed by atoms with E-state index in [2.05, 4.69) is 10.4 Å². The maximum absolute atomic E-state index is 13.3. The van der Waals surface area contributed by atoms with Crippen LogP contribution in [0.2, 0.25) is 0 Å². The van der Waals surface area contributed by atoms with Crippen molar-refractivity contribution in [3.63, 3.8) is 0 Å². The van der Waals surface area contributed by atoms with Gasteiger partial charge < -0.3 is 10.2 Å². The van der Waals surface area contributed by atoms with Crippen LogP contribution in [0.1, 0.15) is 47.3 Å². The quantitative estimate of drug-likeness (QED) is 0.761. The van der Waals surface area contributed by atoms with E-state index in [1.807, 2.05) is 32.0 Å². The van der Waals surface area contributed by atoms with Crippen molar-refractivity contribution in [2.24, 2.45) is 5.92 Å². The normalized spacial score (nSPS) is 18.7. The van der Waals surface area contributed by atoms with Crippen LogP contribution in [0.25, 0.3) is 0 Å².